The second-order valence-electron chi connectivity index (χ2n) is 8.16. The highest BCUT2D eigenvalue weighted by Gasteiger charge is 2.42. The second-order valence-corrected chi connectivity index (χ2v) is 9.03. The molecule has 0 saturated carbocycles. The maximum atomic E-state index is 13.2. The molecule has 3 rings (SSSR count). The SMILES string of the molecule is CC(C)(NC(=O)C1(NC(=O)Nc2cc(Cl)cc(Cl)c2)C=CC(c2ccccc2)=CC1)C(=O)O. The zero-order valence-corrected chi connectivity index (χ0v) is 19.5. The van der Waals surface area contributed by atoms with Crippen LogP contribution in [0.2, 0.25) is 10.0 Å². The van der Waals surface area contributed by atoms with Crippen molar-refractivity contribution in [3.8, 4) is 0 Å². The number of allylic oxidation sites excluding steroid dienone is 2. The van der Waals surface area contributed by atoms with Gasteiger partial charge in [-0.15, -0.1) is 0 Å². The summed E-state index contributed by atoms with van der Waals surface area (Å²) in [6, 6.07) is 13.4. The molecule has 2 aromatic rings. The topological polar surface area (TPSA) is 108 Å². The number of carbonyl (C=O) groups excluding carboxylic acids is 2. The van der Waals surface area contributed by atoms with Crippen LogP contribution in [0, 0.1) is 0 Å². The normalized spacial score (nSPS) is 17.6. The van der Waals surface area contributed by atoms with E-state index >= 15 is 0 Å². The van der Waals surface area contributed by atoms with Crippen molar-refractivity contribution in [2.45, 2.75) is 31.3 Å². The van der Waals surface area contributed by atoms with Crippen LogP contribution in [0.1, 0.15) is 25.8 Å². The molecule has 1 unspecified atom stereocenters. The van der Waals surface area contributed by atoms with Crippen LogP contribution in [-0.2, 0) is 9.59 Å². The summed E-state index contributed by atoms with van der Waals surface area (Å²) in [4.78, 5) is 37.6. The summed E-state index contributed by atoms with van der Waals surface area (Å²) >= 11 is 12.0. The smallest absolute Gasteiger partial charge is 0.328 e. The molecule has 0 fully saturated rings. The number of benzene rings is 2. The van der Waals surface area contributed by atoms with E-state index in [9.17, 15) is 19.5 Å². The Kier molecular flexibility index (Phi) is 7.15. The van der Waals surface area contributed by atoms with Gasteiger partial charge in [0.2, 0.25) is 0 Å². The van der Waals surface area contributed by atoms with E-state index < -0.39 is 29.0 Å². The summed E-state index contributed by atoms with van der Waals surface area (Å²) < 4.78 is 0. The lowest BCUT2D eigenvalue weighted by atomic mass is 9.85. The predicted octanol–water partition coefficient (Wildman–Crippen LogP) is 4.88. The highest BCUT2D eigenvalue weighted by molar-refractivity contribution is 6.35. The first-order valence-electron chi connectivity index (χ1n) is 10.1. The molecule has 9 heteroatoms. The largest absolute Gasteiger partial charge is 0.480 e. The summed E-state index contributed by atoms with van der Waals surface area (Å²) in [7, 11) is 0. The standard InChI is InChI=1S/C24H23Cl2N3O4/c1-23(2,21(31)32)28-20(30)24(10-8-16(9-11-24)15-6-4-3-5-7-15)29-22(33)27-19-13-17(25)12-18(26)14-19/h3-10,12-14H,11H2,1-2H3,(H,28,30)(H,31,32)(H2,27,29,33). The monoisotopic (exact) mass is 487 g/mol. The van der Waals surface area contributed by atoms with Crippen molar-refractivity contribution in [3.63, 3.8) is 0 Å². The first kappa shape index (κ1) is 24.4. The van der Waals surface area contributed by atoms with Crippen molar-refractivity contribution in [1.82, 2.24) is 10.6 Å². The van der Waals surface area contributed by atoms with Crippen molar-refractivity contribution in [3.05, 3.63) is 82.4 Å². The highest BCUT2D eigenvalue weighted by Crippen LogP contribution is 2.28. The quantitative estimate of drug-likeness (QED) is 0.465. The van der Waals surface area contributed by atoms with Gasteiger partial charge in [0.1, 0.15) is 11.1 Å². The van der Waals surface area contributed by atoms with E-state index in [0.29, 0.717) is 15.7 Å². The lowest BCUT2D eigenvalue weighted by molar-refractivity contribution is -0.146. The third-order valence-corrected chi connectivity index (χ3v) is 5.56. The average molecular weight is 488 g/mol. The maximum Gasteiger partial charge on any atom is 0.328 e. The van der Waals surface area contributed by atoms with Crippen LogP contribution in [0.4, 0.5) is 10.5 Å². The van der Waals surface area contributed by atoms with Crippen LogP contribution >= 0.6 is 23.2 Å². The molecule has 0 aliphatic heterocycles. The third kappa shape index (κ3) is 5.94. The van der Waals surface area contributed by atoms with Gasteiger partial charge in [0.15, 0.2) is 0 Å². The molecule has 0 radical (unpaired) electrons. The van der Waals surface area contributed by atoms with Crippen molar-refractivity contribution in [2.75, 3.05) is 5.32 Å². The Hall–Kier alpha value is -3.29. The van der Waals surface area contributed by atoms with Crippen LogP contribution in [-0.4, -0.2) is 34.1 Å². The Morgan fingerprint density at radius 1 is 1.03 bits per heavy atom. The summed E-state index contributed by atoms with van der Waals surface area (Å²) in [5.74, 6) is -1.86. The zero-order chi connectivity index (χ0) is 24.2. The van der Waals surface area contributed by atoms with Gasteiger partial charge in [-0.1, -0.05) is 65.7 Å². The number of carboxylic acid groups (broad SMARTS) is 1. The number of anilines is 1. The lowest BCUT2D eigenvalue weighted by Gasteiger charge is -2.35. The molecule has 172 valence electrons. The van der Waals surface area contributed by atoms with Gasteiger partial charge in [0.05, 0.1) is 0 Å². The van der Waals surface area contributed by atoms with E-state index in [1.807, 2.05) is 36.4 Å². The molecule has 33 heavy (non-hydrogen) atoms. The van der Waals surface area contributed by atoms with Crippen LogP contribution in [0.5, 0.6) is 0 Å². The second kappa shape index (κ2) is 9.68. The van der Waals surface area contributed by atoms with E-state index in [-0.39, 0.29) is 6.42 Å². The maximum absolute atomic E-state index is 13.2. The minimum Gasteiger partial charge on any atom is -0.480 e. The number of nitrogens with one attached hydrogen (secondary N) is 3. The molecule has 0 aromatic heterocycles. The van der Waals surface area contributed by atoms with E-state index in [0.717, 1.165) is 11.1 Å². The van der Waals surface area contributed by atoms with Crippen molar-refractivity contribution in [2.24, 2.45) is 0 Å². The Labute approximate surface area is 201 Å². The number of hydrogen-bond donors (Lipinski definition) is 4. The molecule has 2 aromatic carbocycles. The van der Waals surface area contributed by atoms with E-state index in [1.165, 1.54) is 32.0 Å². The van der Waals surface area contributed by atoms with Crippen LogP contribution < -0.4 is 16.0 Å². The molecule has 4 N–H and O–H groups in total. The number of rotatable bonds is 6. The lowest BCUT2D eigenvalue weighted by Crippen LogP contribution is -2.63. The molecule has 0 spiro atoms. The Morgan fingerprint density at radius 3 is 2.21 bits per heavy atom. The van der Waals surface area contributed by atoms with Crippen LogP contribution in [0.25, 0.3) is 5.57 Å². The predicted molar refractivity (Wildman–Crippen MR) is 129 cm³/mol. The molecule has 1 aliphatic carbocycles. The highest BCUT2D eigenvalue weighted by atomic mass is 35.5. The molecule has 1 atom stereocenters. The molecule has 0 heterocycles. The number of carboxylic acids is 1. The summed E-state index contributed by atoms with van der Waals surface area (Å²) in [5, 5.41) is 17.9. The van der Waals surface area contributed by atoms with Crippen LogP contribution in [0.15, 0.2) is 66.8 Å². The summed E-state index contributed by atoms with van der Waals surface area (Å²) in [6.07, 6.45) is 5.22. The van der Waals surface area contributed by atoms with E-state index in [2.05, 4.69) is 16.0 Å². The number of aliphatic carboxylic acids is 1. The Bertz CT molecular complexity index is 1130. The van der Waals surface area contributed by atoms with E-state index in [4.69, 9.17) is 23.2 Å². The van der Waals surface area contributed by atoms with Gasteiger partial charge < -0.3 is 21.1 Å². The molecular weight excluding hydrogens is 465 g/mol. The van der Waals surface area contributed by atoms with Gasteiger partial charge in [-0.3, -0.25) is 4.79 Å². The molecule has 3 amide bonds. The Balaban J connectivity index is 1.87. The van der Waals surface area contributed by atoms with Gasteiger partial charge in [-0.2, -0.15) is 0 Å². The van der Waals surface area contributed by atoms with Crippen molar-refractivity contribution < 1.29 is 19.5 Å². The number of halogens is 2. The number of carbonyl (C=O) groups is 3. The van der Waals surface area contributed by atoms with Crippen molar-refractivity contribution >= 4 is 52.4 Å². The summed E-state index contributed by atoms with van der Waals surface area (Å²) in [5.41, 5.74) is -0.893. The minimum absolute atomic E-state index is 0.110. The molecule has 7 nitrogen and oxygen atoms in total. The molecule has 0 saturated heterocycles. The van der Waals surface area contributed by atoms with Gasteiger partial charge in [0, 0.05) is 22.2 Å². The average Bonchev–Trinajstić information content (AvgIpc) is 2.73. The fourth-order valence-corrected chi connectivity index (χ4v) is 3.77. The van der Waals surface area contributed by atoms with E-state index in [1.54, 1.807) is 12.2 Å². The number of amides is 3. The fraction of sp³-hybridized carbons (Fsp3) is 0.208. The first-order chi connectivity index (χ1) is 15.5. The minimum atomic E-state index is -1.54. The first-order valence-corrected chi connectivity index (χ1v) is 10.8. The van der Waals surface area contributed by atoms with Gasteiger partial charge in [-0.25, -0.2) is 9.59 Å². The van der Waals surface area contributed by atoms with Gasteiger partial charge in [0.25, 0.3) is 5.91 Å². The fourth-order valence-electron chi connectivity index (χ4n) is 3.24. The molecule has 1 aliphatic rings. The Morgan fingerprint density at radius 2 is 1.67 bits per heavy atom. The van der Waals surface area contributed by atoms with Gasteiger partial charge >= 0.3 is 12.0 Å². The van der Waals surface area contributed by atoms with Crippen molar-refractivity contribution in [1.29, 1.82) is 0 Å². The summed E-state index contributed by atoms with van der Waals surface area (Å²) in [6.45, 7) is 2.74. The zero-order valence-electron chi connectivity index (χ0n) is 18.0. The van der Waals surface area contributed by atoms with Gasteiger partial charge in [-0.05, 0) is 49.3 Å². The third-order valence-electron chi connectivity index (χ3n) is 5.12. The number of hydrogen-bond acceptors (Lipinski definition) is 3. The molecule has 0 bridgehead atoms. The number of urea groups is 1. The van der Waals surface area contributed by atoms with Crippen LogP contribution in [0.3, 0.4) is 0 Å². The molecular formula is C24H23Cl2N3O4.